The first kappa shape index (κ1) is 97.8. The number of halogens is 2. The van der Waals surface area contributed by atoms with Crippen LogP contribution in [-0.2, 0) is 56.1 Å². The lowest BCUT2D eigenvalue weighted by atomic mass is 9.88. The molecule has 148 heavy (non-hydrogen) atoms. The van der Waals surface area contributed by atoms with Crippen LogP contribution in [0.4, 0.5) is 5.69 Å². The Morgan fingerprint density at radius 3 is 1.14 bits per heavy atom. The summed E-state index contributed by atoms with van der Waals surface area (Å²) in [6, 6.07) is 78.7. The molecule has 0 bridgehead atoms. The number of fused-ring (bicyclic) bond motifs is 20. The van der Waals surface area contributed by atoms with Crippen molar-refractivity contribution in [1.82, 2.24) is 69.0 Å². The number of benzene rings is 11. The molecule has 26 nitrogen and oxygen atoms in total. The van der Waals surface area contributed by atoms with Gasteiger partial charge in [-0.25, -0.2) is 0 Å². The molecule has 6 N–H and O–H groups in total. The second-order valence-electron chi connectivity index (χ2n) is 38.4. The maximum Gasteiger partial charge on any atom is 0.256 e. The number of thiocarbonyl (C=S) groups is 5. The number of amides is 5. The predicted molar refractivity (Wildman–Crippen MR) is 595 cm³/mol. The van der Waals surface area contributed by atoms with E-state index in [0.717, 1.165) is 139 Å². The van der Waals surface area contributed by atoms with Crippen LogP contribution in [0.25, 0.3) is 54.5 Å². The van der Waals surface area contributed by atoms with Crippen LogP contribution in [0.3, 0.4) is 0 Å². The molecule has 5 aromatic heterocycles. The number of aromatic hydroxyl groups is 1. The van der Waals surface area contributed by atoms with Crippen molar-refractivity contribution < 1.29 is 52.8 Å². The van der Waals surface area contributed by atoms with Gasteiger partial charge in [-0.3, -0.25) is 48.5 Å². The minimum absolute atomic E-state index is 0.00498. The van der Waals surface area contributed by atoms with Crippen LogP contribution in [0.5, 0.6) is 34.5 Å². The Kier molecular flexibility index (Phi) is 25.8. The minimum atomic E-state index is -0.369. The highest BCUT2D eigenvalue weighted by Crippen LogP contribution is 2.55. The summed E-state index contributed by atoms with van der Waals surface area (Å²) in [4.78, 5) is 102. The number of hydrogen-bond donors (Lipinski definition) is 6. The topological polar surface area (TPSA) is 263 Å². The van der Waals surface area contributed by atoms with Gasteiger partial charge >= 0.3 is 0 Å². The van der Waals surface area contributed by atoms with E-state index in [1.54, 1.807) is 105 Å². The zero-order valence-electron chi connectivity index (χ0n) is 82.3. The number of phenolic OH excluding ortho intramolecular Hbond substituents is 1. The summed E-state index contributed by atoms with van der Waals surface area (Å²) in [5.41, 5.74) is 23.1. The van der Waals surface area contributed by atoms with Crippen molar-refractivity contribution >= 4 is 200 Å². The molecule has 5 fully saturated rings. The molecular weight excluding hydrogens is 2000 g/mol. The van der Waals surface area contributed by atoms with E-state index in [2.05, 4.69) is 128 Å². The fraction of sp³-hybridized carbons (Fsp3) is 0.235. The van der Waals surface area contributed by atoms with Gasteiger partial charge in [-0.2, -0.15) is 0 Å². The van der Waals surface area contributed by atoms with Crippen molar-refractivity contribution in [3.05, 3.63) is 361 Å². The number of aromatic amines is 5. The number of nitrogens with zero attached hydrogens (tertiary/aromatic N) is 10. The maximum absolute atomic E-state index is 14.0. The van der Waals surface area contributed by atoms with Gasteiger partial charge in [0.05, 0.1) is 69.4 Å². The monoisotopic (exact) mass is 2100 g/mol. The number of rotatable bonds is 14. The average Bonchev–Trinajstić information content (AvgIpc) is 1.55. The van der Waals surface area contributed by atoms with Crippen LogP contribution in [0, 0.1) is 0 Å². The van der Waals surface area contributed by atoms with Gasteiger partial charge in [-0.05, 0) is 196 Å². The van der Waals surface area contributed by atoms with E-state index in [0.29, 0.717) is 91.5 Å². The van der Waals surface area contributed by atoms with Gasteiger partial charge in [0.15, 0.2) is 37.1 Å². The number of likely N-dealkylation sites (N-methyl/N-ethyl adjacent to an activating group) is 3. The third-order valence-corrected chi connectivity index (χ3v) is 33.6. The largest absolute Gasteiger partial charge is 0.508 e. The standard InChI is InChI=1S/C29H27N3O2S.C23H23N3O4S.C22H19N3O2S.C21H19N3O2S.C20H15Cl2N3OS/c1-17(2)20-8-5-7-11-24(20)32-28(33)25-16-22-21-9-4-6-10-23(21)30-26(22)27(31(25)29(32)35)18-12-14-19(34-3)15-13-18;1-25-22(27)16-11-14-12-7-5-6-8-15(12)24-18(14)19(26(16)23(25)31)13-9-10-17(28-2)21(30-4)20(13)29-3;1-2-11-24-21(27)18-12-16-15-5-3-4-6-17(15)23-19(16)20(25(18)22(24)28)13-7-9-14(26)10-8-13;1-23-20(25)16-11-14-12-7-3-5-9-15(12)22-18(14)19(24(16)21(23)27)13-8-4-6-10-17(13)26-2;1-24-19(26)15-9-12-10-5-2-3-8-14(10)23-17(12)18(25(15)20(24)27)11-6-4-7-13(21)16(11)22/h4-15,17,25,27,30H,16H2,1-3H3;5-10,16,19,24H,11H2,1-4H3;2-10,18,20,23,26H,1,11-12H2;3-10,16,19,22H,11H2,1-2H3;2-8,15,18,23H,9H2,1H3. The van der Waals surface area contributed by atoms with E-state index in [-0.39, 0.29) is 102 Å². The van der Waals surface area contributed by atoms with Gasteiger partial charge < -0.3 is 78.2 Å². The first-order valence-electron chi connectivity index (χ1n) is 48.8. The van der Waals surface area contributed by atoms with Gasteiger partial charge in [-0.15, -0.1) is 6.58 Å². The number of H-pyrrole nitrogens is 5. The molecule has 0 saturated carbocycles. The van der Waals surface area contributed by atoms with E-state index in [4.69, 9.17) is 108 Å². The van der Waals surface area contributed by atoms with Gasteiger partial charge in [0.2, 0.25) is 5.75 Å². The second-order valence-corrected chi connectivity index (χ2v) is 41.0. The van der Waals surface area contributed by atoms with Gasteiger partial charge in [-0.1, -0.05) is 207 Å². The molecule has 5 saturated heterocycles. The van der Waals surface area contributed by atoms with Crippen molar-refractivity contribution in [3.63, 3.8) is 0 Å². The molecule has 15 heterocycles. The lowest BCUT2D eigenvalue weighted by Crippen LogP contribution is -2.44. The summed E-state index contributed by atoms with van der Waals surface area (Å²) in [6.45, 7) is 8.46. The third-order valence-electron chi connectivity index (χ3n) is 30.4. The zero-order valence-corrected chi connectivity index (χ0v) is 87.9. The Hall–Kier alpha value is -15.0. The van der Waals surface area contributed by atoms with Crippen LogP contribution < -0.4 is 28.6 Å². The predicted octanol–water partition coefficient (Wildman–Crippen LogP) is 20.5. The van der Waals surface area contributed by atoms with Crippen molar-refractivity contribution in [1.29, 1.82) is 0 Å². The Labute approximate surface area is 890 Å². The SMILES string of the molecule is C=CCN1C(=O)C2Cc3c([nH]c4ccccc34)C(c3ccc(O)cc3)N2C1=S.CN1C(=O)C2Cc3c([nH]c4ccccc34)C(c3cccc(Cl)c3Cl)N2C1=S.COc1ccc(C2c3[nH]c4ccccc4c3CC3C(=O)N(C)C(=S)N32)c(OC)c1OC.COc1ccc(C2c3[nH]c4ccccc4c3CC3C(=O)N(c4ccccc4C(C)C)C(=S)N32)cc1.COc1ccccc1C1c2[nH]c3ccccc3c2CC2C(=O)N(C)C(=S)N21. The lowest BCUT2D eigenvalue weighted by molar-refractivity contribution is -0.128. The lowest BCUT2D eigenvalue weighted by Gasteiger charge is -2.38. The summed E-state index contributed by atoms with van der Waals surface area (Å²) in [6.07, 6.45) is 4.78. The Balaban J connectivity index is 0.000000105. The molecular formula is C115H103Cl2N15O11S5. The third kappa shape index (κ3) is 15.8. The van der Waals surface area contributed by atoms with Crippen LogP contribution in [-0.4, -0.2) is 223 Å². The number of carbonyl (C=O) groups excluding carboxylic acids is 5. The number of anilines is 1. The van der Waals surface area contributed by atoms with E-state index in [9.17, 15) is 29.1 Å². The van der Waals surface area contributed by atoms with E-state index >= 15 is 0 Å². The summed E-state index contributed by atoms with van der Waals surface area (Å²) < 4.78 is 27.9. The Morgan fingerprint density at radius 1 is 0.365 bits per heavy atom. The van der Waals surface area contributed by atoms with Crippen molar-refractivity contribution in [2.24, 2.45) is 0 Å². The molecule has 0 aliphatic carbocycles. The maximum atomic E-state index is 14.0. The number of hydrogen-bond acceptors (Lipinski definition) is 16. The van der Waals surface area contributed by atoms with Gasteiger partial charge in [0, 0.05) is 159 Å². The van der Waals surface area contributed by atoms with Crippen LogP contribution in [0.15, 0.2) is 261 Å². The summed E-state index contributed by atoms with van der Waals surface area (Å²) in [7, 11) is 13.3. The first-order chi connectivity index (χ1) is 71.7. The number of phenols is 1. The smallest absolute Gasteiger partial charge is 0.256 e. The molecule has 11 aromatic carbocycles. The highest BCUT2D eigenvalue weighted by atomic mass is 35.5. The van der Waals surface area contributed by atoms with Crippen LogP contribution >= 0.6 is 84.3 Å². The molecule has 5 amide bonds. The summed E-state index contributed by atoms with van der Waals surface area (Å²) >= 11 is 41.7. The van der Waals surface area contributed by atoms with Crippen LogP contribution in [0.1, 0.15) is 140 Å². The number of carbonyl (C=O) groups is 5. The number of ether oxygens (including phenoxy) is 5. The molecule has 0 radical (unpaired) electrons. The Morgan fingerprint density at radius 2 is 0.723 bits per heavy atom. The fourth-order valence-corrected chi connectivity index (χ4v) is 25.8. The Bertz CT molecular complexity index is 8200. The molecule has 16 aromatic rings. The van der Waals surface area contributed by atoms with Crippen molar-refractivity contribution in [2.45, 2.75) is 112 Å². The van der Waals surface area contributed by atoms with Crippen LogP contribution in [0.2, 0.25) is 10.0 Å². The summed E-state index contributed by atoms with van der Waals surface area (Å²) in [5.74, 6) is 3.83. The van der Waals surface area contributed by atoms with Gasteiger partial charge in [0.25, 0.3) is 29.5 Å². The molecule has 0 spiro atoms. The normalized spacial score (nSPS) is 20.7. The number of nitrogens with one attached hydrogen (secondary N) is 5. The summed E-state index contributed by atoms with van der Waals surface area (Å²) in [5, 5.41) is 19.1. The van der Waals surface area contributed by atoms with Crippen molar-refractivity contribution in [3.8, 4) is 34.5 Å². The fourth-order valence-electron chi connectivity index (χ4n) is 23.6. The second kappa shape index (κ2) is 39.0. The number of methoxy groups -OCH3 is 5. The minimum Gasteiger partial charge on any atom is -0.508 e. The average molecular weight is 2100 g/mol. The highest BCUT2D eigenvalue weighted by Gasteiger charge is 2.57. The number of para-hydroxylation sites is 7. The van der Waals surface area contributed by atoms with E-state index in [1.165, 1.54) is 21.9 Å². The molecule has 33 heteroatoms. The first-order valence-corrected chi connectivity index (χ1v) is 51.6. The van der Waals surface area contributed by atoms with Crippen molar-refractivity contribution in [2.75, 3.05) is 68.1 Å². The molecule has 26 rings (SSSR count). The number of aromatic nitrogens is 5. The molecule has 10 aliphatic heterocycles. The molecule has 10 aliphatic rings. The zero-order chi connectivity index (χ0) is 103. The van der Waals surface area contributed by atoms with E-state index < -0.39 is 0 Å². The van der Waals surface area contributed by atoms with Gasteiger partial charge in [0.1, 0.15) is 59.5 Å². The molecule has 10 unspecified atom stereocenters. The molecule has 10 atom stereocenters. The highest BCUT2D eigenvalue weighted by molar-refractivity contribution is 7.81. The quantitative estimate of drug-likeness (QED) is 0.0436. The van der Waals surface area contributed by atoms with E-state index in [1.807, 2.05) is 172 Å². The molecule has 748 valence electrons.